The fourth-order valence-electron chi connectivity index (χ4n) is 1.04. The van der Waals surface area contributed by atoms with Gasteiger partial charge in [-0.15, -0.1) is 0 Å². The molecule has 0 aliphatic heterocycles. The first kappa shape index (κ1) is 15.9. The second-order valence-electron chi connectivity index (χ2n) is 5.56. The first-order valence-corrected chi connectivity index (χ1v) is 8.85. The fraction of sp³-hybridized carbons (Fsp3) is 0.909. The summed E-state index contributed by atoms with van der Waals surface area (Å²) in [6.07, 6.45) is 0.780. The van der Waals surface area contributed by atoms with Crippen molar-refractivity contribution in [2.45, 2.75) is 58.4 Å². The lowest BCUT2D eigenvalue weighted by molar-refractivity contribution is 0.132. The molecule has 0 aromatic carbocycles. The van der Waals surface area contributed by atoms with Crippen LogP contribution >= 0.6 is 11.6 Å². The van der Waals surface area contributed by atoms with Crippen molar-refractivity contribution in [2.75, 3.05) is 6.61 Å². The summed E-state index contributed by atoms with van der Waals surface area (Å²) in [4.78, 5) is 10.4. The normalized spacial score (nSPS) is 14.7. The molecule has 0 unspecified atom stereocenters. The highest BCUT2D eigenvalue weighted by molar-refractivity contribution is 6.74. The van der Waals surface area contributed by atoms with E-state index in [-0.39, 0.29) is 11.1 Å². The molecule has 0 heterocycles. The maximum Gasteiger partial charge on any atom is 0.403 e. The van der Waals surface area contributed by atoms with Gasteiger partial charge in [0.05, 0.1) is 6.61 Å². The maximum absolute atomic E-state index is 10.4. The van der Waals surface area contributed by atoms with E-state index in [1.165, 1.54) is 0 Å². The van der Waals surface area contributed by atoms with Gasteiger partial charge < -0.3 is 9.16 Å². The average molecular weight is 267 g/mol. The minimum atomic E-state index is -1.72. The Morgan fingerprint density at radius 2 is 1.88 bits per heavy atom. The van der Waals surface area contributed by atoms with E-state index < -0.39 is 13.7 Å². The highest BCUT2D eigenvalue weighted by atomic mass is 35.5. The summed E-state index contributed by atoms with van der Waals surface area (Å²) in [5.41, 5.74) is -0.750. The predicted octanol–water partition coefficient (Wildman–Crippen LogP) is 4.16. The Labute approximate surface area is 105 Å². The minimum absolute atomic E-state index is 0.0944. The quantitative estimate of drug-likeness (QED) is 0.554. The minimum Gasteiger partial charge on any atom is -0.454 e. The Balaban J connectivity index is 4.04. The van der Waals surface area contributed by atoms with Crippen molar-refractivity contribution in [1.82, 2.24) is 0 Å². The van der Waals surface area contributed by atoms with Crippen molar-refractivity contribution in [3.8, 4) is 0 Å². The summed E-state index contributed by atoms with van der Waals surface area (Å²) in [6.45, 7) is 13.3. The van der Waals surface area contributed by atoms with Gasteiger partial charge in [0.15, 0.2) is 8.32 Å². The summed E-state index contributed by atoms with van der Waals surface area (Å²) >= 11 is 5.07. The van der Waals surface area contributed by atoms with Crippen molar-refractivity contribution in [2.24, 2.45) is 0 Å². The smallest absolute Gasteiger partial charge is 0.403 e. The van der Waals surface area contributed by atoms with Crippen LogP contribution in [0.15, 0.2) is 0 Å². The van der Waals surface area contributed by atoms with Crippen LogP contribution < -0.4 is 0 Å². The van der Waals surface area contributed by atoms with E-state index >= 15 is 0 Å². The van der Waals surface area contributed by atoms with Gasteiger partial charge in [-0.25, -0.2) is 4.79 Å². The first-order chi connectivity index (χ1) is 7.06. The van der Waals surface area contributed by atoms with Crippen LogP contribution in [0.3, 0.4) is 0 Å². The van der Waals surface area contributed by atoms with E-state index in [1.54, 1.807) is 0 Å². The van der Waals surface area contributed by atoms with Crippen LogP contribution in [0.5, 0.6) is 0 Å². The first-order valence-electron chi connectivity index (χ1n) is 5.56. The fourth-order valence-corrected chi connectivity index (χ4v) is 2.60. The van der Waals surface area contributed by atoms with Gasteiger partial charge >= 0.3 is 5.43 Å². The summed E-state index contributed by atoms with van der Waals surface area (Å²) in [5, 5.41) is 0.199. The van der Waals surface area contributed by atoms with E-state index in [0.717, 1.165) is 0 Å². The lowest BCUT2D eigenvalue weighted by Crippen LogP contribution is -2.43. The Kier molecular flexibility index (Phi) is 6.01. The zero-order chi connectivity index (χ0) is 13.0. The van der Waals surface area contributed by atoms with Crippen molar-refractivity contribution in [1.29, 1.82) is 0 Å². The molecule has 0 aliphatic carbocycles. The zero-order valence-electron chi connectivity index (χ0n) is 11.1. The molecule has 0 aromatic heterocycles. The van der Waals surface area contributed by atoms with E-state index in [1.807, 2.05) is 6.92 Å². The van der Waals surface area contributed by atoms with Crippen molar-refractivity contribution < 1.29 is 14.0 Å². The van der Waals surface area contributed by atoms with Crippen LogP contribution in [0.1, 0.15) is 34.1 Å². The topological polar surface area (TPSA) is 35.5 Å². The van der Waals surface area contributed by atoms with Gasteiger partial charge in [-0.05, 0) is 25.1 Å². The Morgan fingerprint density at radius 3 is 2.25 bits per heavy atom. The van der Waals surface area contributed by atoms with Gasteiger partial charge in [0.2, 0.25) is 0 Å². The Hall–Kier alpha value is -0.0631. The van der Waals surface area contributed by atoms with Crippen molar-refractivity contribution in [3.05, 3.63) is 0 Å². The maximum atomic E-state index is 10.4. The van der Waals surface area contributed by atoms with Crippen molar-refractivity contribution in [3.63, 3.8) is 0 Å². The third-order valence-corrected chi connectivity index (χ3v) is 7.76. The van der Waals surface area contributed by atoms with Gasteiger partial charge in [-0.1, -0.05) is 20.8 Å². The van der Waals surface area contributed by atoms with Gasteiger partial charge in [0, 0.05) is 24.1 Å². The molecule has 0 saturated heterocycles. The van der Waals surface area contributed by atoms with Crippen molar-refractivity contribution >= 4 is 25.3 Å². The lowest BCUT2D eigenvalue weighted by Gasteiger charge is -2.38. The zero-order valence-corrected chi connectivity index (χ0v) is 12.9. The molecule has 0 aliphatic rings. The Morgan fingerprint density at radius 1 is 1.38 bits per heavy atom. The number of carbonyl (C=O) groups excluding carboxylic acids is 1. The van der Waals surface area contributed by atoms with E-state index in [0.29, 0.717) is 13.0 Å². The average Bonchev–Trinajstić information content (AvgIpc) is 1.99. The lowest BCUT2D eigenvalue weighted by atomic mass is 10.2. The molecule has 0 N–H and O–H groups in total. The summed E-state index contributed by atoms with van der Waals surface area (Å²) in [5.74, 6) is 0. The number of hydrogen-bond donors (Lipinski definition) is 0. The highest BCUT2D eigenvalue weighted by Gasteiger charge is 2.38. The second-order valence-corrected chi connectivity index (χ2v) is 10.6. The molecular weight excluding hydrogens is 244 g/mol. The number of halogens is 1. The molecule has 1 atom stereocenters. The second kappa shape index (κ2) is 6.03. The summed E-state index contributed by atoms with van der Waals surface area (Å²) in [7, 11) is -1.72. The van der Waals surface area contributed by atoms with Gasteiger partial charge in [-0.3, -0.25) is 0 Å². The molecule has 0 spiro atoms. The molecule has 0 fully saturated rings. The molecule has 96 valence electrons. The molecule has 0 radical (unpaired) electrons. The summed E-state index contributed by atoms with van der Waals surface area (Å²) in [6, 6.07) is 0. The third-order valence-electron chi connectivity index (χ3n) is 3.04. The van der Waals surface area contributed by atoms with Gasteiger partial charge in [0.1, 0.15) is 0 Å². The molecule has 3 nitrogen and oxygen atoms in total. The van der Waals surface area contributed by atoms with E-state index in [2.05, 4.69) is 38.6 Å². The van der Waals surface area contributed by atoms with Crippen LogP contribution in [0, 0.1) is 0 Å². The highest BCUT2D eigenvalue weighted by Crippen LogP contribution is 2.37. The molecular formula is C11H23ClO3Si. The van der Waals surface area contributed by atoms with E-state index in [4.69, 9.17) is 16.0 Å². The van der Waals surface area contributed by atoms with E-state index in [9.17, 15) is 4.79 Å². The molecule has 0 aromatic rings. The van der Waals surface area contributed by atoms with Crippen LogP contribution in [0.4, 0.5) is 4.79 Å². The predicted molar refractivity (Wildman–Crippen MR) is 69.6 cm³/mol. The third kappa shape index (κ3) is 5.87. The Bertz CT molecular complexity index is 236. The molecule has 0 amide bonds. The van der Waals surface area contributed by atoms with Gasteiger partial charge in [0.25, 0.3) is 0 Å². The molecule has 5 heteroatoms. The number of carbonyl (C=O) groups is 1. The molecule has 0 saturated carbocycles. The largest absolute Gasteiger partial charge is 0.454 e. The van der Waals surface area contributed by atoms with Gasteiger partial charge in [-0.2, -0.15) is 0 Å². The van der Waals surface area contributed by atoms with Crippen LogP contribution in [-0.4, -0.2) is 26.5 Å². The molecule has 0 bridgehead atoms. The van der Waals surface area contributed by atoms with Crippen LogP contribution in [0.25, 0.3) is 0 Å². The van der Waals surface area contributed by atoms with Crippen LogP contribution in [0.2, 0.25) is 18.1 Å². The monoisotopic (exact) mass is 266 g/mol. The standard InChI is InChI=1S/C11H23ClO3Si/c1-9(7-8-14-10(12)13)15-16(5,6)11(2,3)4/h9H,7-8H2,1-6H3/t9-/m1/s1. The molecule has 16 heavy (non-hydrogen) atoms. The number of rotatable bonds is 5. The summed E-state index contributed by atoms with van der Waals surface area (Å²) < 4.78 is 10.8. The number of ether oxygens (including phenoxy) is 1. The SMILES string of the molecule is C[C@H](CCOC(=O)Cl)O[Si](C)(C)C(C)(C)C. The number of hydrogen-bond acceptors (Lipinski definition) is 3. The molecule has 0 rings (SSSR count). The van der Waals surface area contributed by atoms with Crippen LogP contribution in [-0.2, 0) is 9.16 Å².